The minimum atomic E-state index is -0.782. The normalized spacial score (nSPS) is 18.7. The van der Waals surface area contributed by atoms with E-state index in [0.29, 0.717) is 26.0 Å². The lowest BCUT2D eigenvalue weighted by Crippen LogP contribution is -2.43. The fraction of sp³-hybridized carbons (Fsp3) is 0.500. The van der Waals surface area contributed by atoms with Crippen LogP contribution >= 0.6 is 0 Å². The number of rotatable bonds is 3. The number of ether oxygens (including phenoxy) is 1. The highest BCUT2D eigenvalue weighted by Gasteiger charge is 2.30. The molecule has 1 aliphatic heterocycles. The van der Waals surface area contributed by atoms with Crippen molar-refractivity contribution in [1.82, 2.24) is 9.88 Å². The molecular weight excluding hydrogens is 263 g/mol. The zero-order chi connectivity index (χ0) is 14.5. The van der Waals surface area contributed by atoms with Crippen molar-refractivity contribution in [3.05, 3.63) is 29.8 Å². The van der Waals surface area contributed by atoms with Crippen LogP contribution in [0.4, 0.5) is 4.39 Å². The van der Waals surface area contributed by atoms with E-state index in [1.165, 1.54) is 23.2 Å². The number of halogens is 1. The molecule has 2 heterocycles. The molecule has 1 saturated heterocycles. The van der Waals surface area contributed by atoms with Crippen molar-refractivity contribution in [2.45, 2.75) is 19.8 Å². The number of amides is 1. The maximum atomic E-state index is 13.5. The summed E-state index contributed by atoms with van der Waals surface area (Å²) in [7, 11) is 0. The van der Waals surface area contributed by atoms with Gasteiger partial charge in [0.25, 0.3) is 5.91 Å². The Bertz CT molecular complexity index is 507. The molecule has 0 saturated carbocycles. The topological polar surface area (TPSA) is 59.5 Å². The number of aromatic nitrogens is 1. The SMILES string of the molecule is CCOC(=O)[C@H]1CCCN(C(=O)c2cccnc2F)C1. The van der Waals surface area contributed by atoms with Crippen molar-refractivity contribution in [2.75, 3.05) is 19.7 Å². The molecular formula is C14H17FN2O3. The molecule has 6 heteroatoms. The lowest BCUT2D eigenvalue weighted by atomic mass is 9.97. The Morgan fingerprint density at radius 3 is 3.05 bits per heavy atom. The van der Waals surface area contributed by atoms with Gasteiger partial charge < -0.3 is 9.64 Å². The van der Waals surface area contributed by atoms with Crippen molar-refractivity contribution < 1.29 is 18.7 Å². The second-order valence-electron chi connectivity index (χ2n) is 4.68. The van der Waals surface area contributed by atoms with Gasteiger partial charge in [-0.3, -0.25) is 9.59 Å². The number of piperidine rings is 1. The Labute approximate surface area is 116 Å². The Morgan fingerprint density at radius 2 is 2.35 bits per heavy atom. The molecule has 0 bridgehead atoms. The first-order valence-corrected chi connectivity index (χ1v) is 6.70. The van der Waals surface area contributed by atoms with Crippen LogP contribution in [0.3, 0.4) is 0 Å². The molecule has 0 spiro atoms. The van der Waals surface area contributed by atoms with E-state index in [2.05, 4.69) is 4.98 Å². The molecule has 1 atom stereocenters. The van der Waals surface area contributed by atoms with Crippen LogP contribution in [0.2, 0.25) is 0 Å². The van der Waals surface area contributed by atoms with Crippen molar-refractivity contribution in [2.24, 2.45) is 5.92 Å². The maximum Gasteiger partial charge on any atom is 0.310 e. The van der Waals surface area contributed by atoms with E-state index in [-0.39, 0.29) is 24.0 Å². The summed E-state index contributed by atoms with van der Waals surface area (Å²) in [5.41, 5.74) is -0.0583. The van der Waals surface area contributed by atoms with Gasteiger partial charge in [0.2, 0.25) is 5.95 Å². The van der Waals surface area contributed by atoms with E-state index in [1.807, 2.05) is 0 Å². The van der Waals surface area contributed by atoms with Crippen LogP contribution in [-0.4, -0.2) is 41.5 Å². The number of carbonyl (C=O) groups is 2. The van der Waals surface area contributed by atoms with E-state index in [9.17, 15) is 14.0 Å². The van der Waals surface area contributed by atoms with Gasteiger partial charge >= 0.3 is 5.97 Å². The minimum Gasteiger partial charge on any atom is -0.466 e. The molecule has 20 heavy (non-hydrogen) atoms. The number of likely N-dealkylation sites (tertiary alicyclic amines) is 1. The van der Waals surface area contributed by atoms with E-state index in [1.54, 1.807) is 6.92 Å². The third-order valence-corrected chi connectivity index (χ3v) is 3.32. The Balaban J connectivity index is 2.07. The highest BCUT2D eigenvalue weighted by atomic mass is 19.1. The van der Waals surface area contributed by atoms with Gasteiger partial charge in [-0.15, -0.1) is 0 Å². The van der Waals surface area contributed by atoms with Crippen LogP contribution in [0.15, 0.2) is 18.3 Å². The number of hydrogen-bond acceptors (Lipinski definition) is 4. The first-order valence-electron chi connectivity index (χ1n) is 6.70. The number of esters is 1. The van der Waals surface area contributed by atoms with Crippen LogP contribution in [0.25, 0.3) is 0 Å². The summed E-state index contributed by atoms with van der Waals surface area (Å²) in [5.74, 6) is -1.83. The fourth-order valence-electron chi connectivity index (χ4n) is 2.33. The van der Waals surface area contributed by atoms with Gasteiger partial charge in [0.15, 0.2) is 0 Å². The molecule has 1 aliphatic rings. The predicted octanol–water partition coefficient (Wildman–Crippen LogP) is 1.64. The Hall–Kier alpha value is -1.98. The number of nitrogens with zero attached hydrogens (tertiary/aromatic N) is 2. The third kappa shape index (κ3) is 3.12. The molecule has 1 aromatic heterocycles. The van der Waals surface area contributed by atoms with Crippen molar-refractivity contribution in [1.29, 1.82) is 0 Å². The van der Waals surface area contributed by atoms with Crippen LogP contribution in [0, 0.1) is 11.9 Å². The van der Waals surface area contributed by atoms with Crippen LogP contribution in [-0.2, 0) is 9.53 Å². The van der Waals surface area contributed by atoms with E-state index in [0.717, 1.165) is 0 Å². The quantitative estimate of drug-likeness (QED) is 0.624. The molecule has 1 amide bonds. The summed E-state index contributed by atoms with van der Waals surface area (Å²) in [4.78, 5) is 28.9. The fourth-order valence-corrected chi connectivity index (χ4v) is 2.33. The van der Waals surface area contributed by atoms with Gasteiger partial charge in [-0.1, -0.05) is 0 Å². The molecule has 0 radical (unpaired) electrons. The zero-order valence-corrected chi connectivity index (χ0v) is 11.3. The predicted molar refractivity (Wildman–Crippen MR) is 69.5 cm³/mol. The van der Waals surface area contributed by atoms with Gasteiger partial charge in [0.1, 0.15) is 0 Å². The smallest absolute Gasteiger partial charge is 0.310 e. The van der Waals surface area contributed by atoms with Gasteiger partial charge in [-0.05, 0) is 31.9 Å². The van der Waals surface area contributed by atoms with Gasteiger partial charge in [-0.2, -0.15) is 4.39 Å². The molecule has 0 aliphatic carbocycles. The first-order chi connectivity index (χ1) is 9.63. The summed E-state index contributed by atoms with van der Waals surface area (Å²) in [5, 5.41) is 0. The Morgan fingerprint density at radius 1 is 1.55 bits per heavy atom. The lowest BCUT2D eigenvalue weighted by Gasteiger charge is -2.31. The monoisotopic (exact) mass is 280 g/mol. The number of carbonyl (C=O) groups excluding carboxylic acids is 2. The summed E-state index contributed by atoms with van der Waals surface area (Å²) in [6.07, 6.45) is 2.69. The van der Waals surface area contributed by atoms with E-state index in [4.69, 9.17) is 4.74 Å². The third-order valence-electron chi connectivity index (χ3n) is 3.32. The molecule has 1 fully saturated rings. The first kappa shape index (κ1) is 14.4. The second-order valence-corrected chi connectivity index (χ2v) is 4.68. The Kier molecular flexibility index (Phi) is 4.65. The minimum absolute atomic E-state index is 0.0583. The van der Waals surface area contributed by atoms with Gasteiger partial charge in [-0.25, -0.2) is 4.98 Å². The van der Waals surface area contributed by atoms with Crippen LogP contribution in [0.5, 0.6) is 0 Å². The van der Waals surface area contributed by atoms with Crippen molar-refractivity contribution in [3.63, 3.8) is 0 Å². The summed E-state index contributed by atoms with van der Waals surface area (Å²) < 4.78 is 18.5. The molecule has 5 nitrogen and oxygen atoms in total. The molecule has 2 rings (SSSR count). The zero-order valence-electron chi connectivity index (χ0n) is 11.3. The van der Waals surface area contributed by atoms with Crippen LogP contribution < -0.4 is 0 Å². The summed E-state index contributed by atoms with van der Waals surface area (Å²) >= 11 is 0. The molecule has 0 unspecified atom stereocenters. The second kappa shape index (κ2) is 6.45. The summed E-state index contributed by atoms with van der Waals surface area (Å²) in [6.45, 7) is 2.85. The van der Waals surface area contributed by atoms with Crippen LogP contribution in [0.1, 0.15) is 30.1 Å². The van der Waals surface area contributed by atoms with E-state index >= 15 is 0 Å². The molecule has 108 valence electrons. The standard InChI is InChI=1S/C14H17FN2O3/c1-2-20-14(19)10-5-4-8-17(9-10)13(18)11-6-3-7-16-12(11)15/h3,6-7,10H,2,4-5,8-9H2,1H3/t10-/m0/s1. The largest absolute Gasteiger partial charge is 0.466 e. The maximum absolute atomic E-state index is 13.5. The highest BCUT2D eigenvalue weighted by molar-refractivity contribution is 5.94. The van der Waals surface area contributed by atoms with Crippen molar-refractivity contribution >= 4 is 11.9 Å². The average Bonchev–Trinajstić information content (AvgIpc) is 2.47. The number of pyridine rings is 1. The van der Waals surface area contributed by atoms with Crippen molar-refractivity contribution in [3.8, 4) is 0 Å². The highest BCUT2D eigenvalue weighted by Crippen LogP contribution is 2.20. The lowest BCUT2D eigenvalue weighted by molar-refractivity contribution is -0.149. The molecule has 1 aromatic rings. The molecule has 0 N–H and O–H groups in total. The van der Waals surface area contributed by atoms with E-state index < -0.39 is 11.9 Å². The number of hydrogen-bond donors (Lipinski definition) is 0. The summed E-state index contributed by atoms with van der Waals surface area (Å²) in [6, 6.07) is 2.92. The van der Waals surface area contributed by atoms with Gasteiger partial charge in [0, 0.05) is 19.3 Å². The average molecular weight is 280 g/mol. The van der Waals surface area contributed by atoms with Gasteiger partial charge in [0.05, 0.1) is 18.1 Å². The molecule has 0 aromatic carbocycles.